The van der Waals surface area contributed by atoms with E-state index in [1.54, 1.807) is 19.4 Å². The Morgan fingerprint density at radius 1 is 1.41 bits per heavy atom. The Morgan fingerprint density at radius 2 is 2.29 bits per heavy atom. The van der Waals surface area contributed by atoms with E-state index in [1.807, 2.05) is 23.9 Å². The molecule has 17 heavy (non-hydrogen) atoms. The van der Waals surface area contributed by atoms with Gasteiger partial charge in [0.1, 0.15) is 0 Å². The number of ether oxygens (including phenoxy) is 1. The van der Waals surface area contributed by atoms with Crippen molar-refractivity contribution >= 4 is 5.95 Å². The van der Waals surface area contributed by atoms with Crippen LogP contribution in [0, 0.1) is 6.92 Å². The SMILES string of the molecule is COc1cc(C)nc(NCCn2cccn2)n1. The Kier molecular flexibility index (Phi) is 3.54. The first-order chi connectivity index (χ1) is 8.28. The van der Waals surface area contributed by atoms with Crippen molar-refractivity contribution in [3.05, 3.63) is 30.2 Å². The summed E-state index contributed by atoms with van der Waals surface area (Å²) >= 11 is 0. The lowest BCUT2D eigenvalue weighted by atomic mass is 10.4. The molecule has 6 heteroatoms. The van der Waals surface area contributed by atoms with Crippen molar-refractivity contribution in [3.8, 4) is 5.88 Å². The second-order valence-electron chi connectivity index (χ2n) is 3.57. The fraction of sp³-hybridized carbons (Fsp3) is 0.364. The highest BCUT2D eigenvalue weighted by Crippen LogP contribution is 2.10. The van der Waals surface area contributed by atoms with Crippen LogP contribution in [-0.4, -0.2) is 33.4 Å². The van der Waals surface area contributed by atoms with Crippen LogP contribution in [0.4, 0.5) is 5.95 Å². The third-order valence-corrected chi connectivity index (χ3v) is 2.22. The number of nitrogens with one attached hydrogen (secondary N) is 1. The van der Waals surface area contributed by atoms with Gasteiger partial charge >= 0.3 is 0 Å². The normalized spacial score (nSPS) is 10.2. The van der Waals surface area contributed by atoms with Gasteiger partial charge in [0.15, 0.2) is 0 Å². The summed E-state index contributed by atoms with van der Waals surface area (Å²) in [6.07, 6.45) is 3.67. The smallest absolute Gasteiger partial charge is 0.226 e. The van der Waals surface area contributed by atoms with E-state index < -0.39 is 0 Å². The lowest BCUT2D eigenvalue weighted by Gasteiger charge is -2.07. The molecule has 0 aliphatic carbocycles. The van der Waals surface area contributed by atoms with Crippen molar-refractivity contribution in [2.45, 2.75) is 13.5 Å². The fourth-order valence-corrected chi connectivity index (χ4v) is 1.44. The molecule has 0 radical (unpaired) electrons. The number of hydrogen-bond donors (Lipinski definition) is 1. The summed E-state index contributed by atoms with van der Waals surface area (Å²) in [6, 6.07) is 3.69. The van der Waals surface area contributed by atoms with Gasteiger partial charge in [0, 0.05) is 30.7 Å². The van der Waals surface area contributed by atoms with Gasteiger partial charge < -0.3 is 10.1 Å². The third-order valence-electron chi connectivity index (χ3n) is 2.22. The molecule has 0 aliphatic heterocycles. The number of aromatic nitrogens is 4. The third kappa shape index (κ3) is 3.17. The Morgan fingerprint density at radius 3 is 3.00 bits per heavy atom. The van der Waals surface area contributed by atoms with E-state index in [0.717, 1.165) is 12.2 Å². The van der Waals surface area contributed by atoms with Gasteiger partial charge in [0.25, 0.3) is 0 Å². The van der Waals surface area contributed by atoms with Crippen molar-refractivity contribution in [3.63, 3.8) is 0 Å². The van der Waals surface area contributed by atoms with Crippen LogP contribution in [0.1, 0.15) is 5.69 Å². The monoisotopic (exact) mass is 233 g/mol. The maximum atomic E-state index is 5.08. The fourth-order valence-electron chi connectivity index (χ4n) is 1.44. The second-order valence-corrected chi connectivity index (χ2v) is 3.57. The summed E-state index contributed by atoms with van der Waals surface area (Å²) in [6.45, 7) is 3.39. The first-order valence-corrected chi connectivity index (χ1v) is 5.39. The Hall–Kier alpha value is -2.11. The quantitative estimate of drug-likeness (QED) is 0.837. The molecule has 0 bridgehead atoms. The number of anilines is 1. The Bertz CT molecular complexity index is 469. The molecule has 0 amide bonds. The standard InChI is InChI=1S/C11H15N5O/c1-9-8-10(17-2)15-11(14-9)12-5-7-16-6-3-4-13-16/h3-4,6,8H,5,7H2,1-2H3,(H,12,14,15). The van der Waals surface area contributed by atoms with E-state index in [-0.39, 0.29) is 0 Å². The Balaban J connectivity index is 1.92. The zero-order valence-electron chi connectivity index (χ0n) is 9.92. The molecule has 0 atom stereocenters. The Labute approximate surface area is 99.7 Å². The van der Waals surface area contributed by atoms with Crippen LogP contribution < -0.4 is 10.1 Å². The molecule has 2 heterocycles. The summed E-state index contributed by atoms with van der Waals surface area (Å²) in [5.74, 6) is 1.15. The minimum Gasteiger partial charge on any atom is -0.481 e. The van der Waals surface area contributed by atoms with Crippen LogP contribution in [0.15, 0.2) is 24.5 Å². The van der Waals surface area contributed by atoms with E-state index in [0.29, 0.717) is 18.4 Å². The summed E-state index contributed by atoms with van der Waals surface area (Å²) in [5.41, 5.74) is 0.874. The van der Waals surface area contributed by atoms with Gasteiger partial charge in [-0.1, -0.05) is 0 Å². The molecule has 0 unspecified atom stereocenters. The van der Waals surface area contributed by atoms with Gasteiger partial charge in [-0.2, -0.15) is 10.1 Å². The highest BCUT2D eigenvalue weighted by Gasteiger charge is 2.01. The highest BCUT2D eigenvalue weighted by atomic mass is 16.5. The lowest BCUT2D eigenvalue weighted by Crippen LogP contribution is -2.13. The predicted molar refractivity (Wildman–Crippen MR) is 64.0 cm³/mol. The van der Waals surface area contributed by atoms with E-state index in [9.17, 15) is 0 Å². The molecule has 6 nitrogen and oxygen atoms in total. The van der Waals surface area contributed by atoms with Crippen molar-refractivity contribution in [1.29, 1.82) is 0 Å². The molecule has 0 fully saturated rings. The van der Waals surface area contributed by atoms with Gasteiger partial charge in [-0.25, -0.2) is 4.98 Å². The van der Waals surface area contributed by atoms with Crippen LogP contribution >= 0.6 is 0 Å². The molecule has 0 aromatic carbocycles. The first kappa shape index (κ1) is 11.4. The largest absolute Gasteiger partial charge is 0.481 e. The minimum atomic E-state index is 0.569. The van der Waals surface area contributed by atoms with E-state index in [4.69, 9.17) is 4.74 Å². The molecule has 2 rings (SSSR count). The molecule has 1 N–H and O–H groups in total. The van der Waals surface area contributed by atoms with Gasteiger partial charge in [-0.05, 0) is 13.0 Å². The van der Waals surface area contributed by atoms with Gasteiger partial charge in [0.05, 0.1) is 13.7 Å². The number of nitrogens with zero attached hydrogens (tertiary/aromatic N) is 4. The molecule has 0 aliphatic rings. The second kappa shape index (κ2) is 5.29. The van der Waals surface area contributed by atoms with Crippen LogP contribution in [-0.2, 0) is 6.54 Å². The van der Waals surface area contributed by atoms with Crippen LogP contribution in [0.25, 0.3) is 0 Å². The maximum absolute atomic E-state index is 5.08. The predicted octanol–water partition coefficient (Wildman–Crippen LogP) is 1.10. The minimum absolute atomic E-state index is 0.569. The molecule has 90 valence electrons. The summed E-state index contributed by atoms with van der Waals surface area (Å²) in [7, 11) is 1.59. The zero-order chi connectivity index (χ0) is 12.1. The molecule has 0 saturated carbocycles. The topological polar surface area (TPSA) is 64.9 Å². The lowest BCUT2D eigenvalue weighted by molar-refractivity contribution is 0.397. The van der Waals surface area contributed by atoms with Crippen LogP contribution in [0.3, 0.4) is 0 Å². The maximum Gasteiger partial charge on any atom is 0.226 e. The molecular formula is C11H15N5O. The molecular weight excluding hydrogens is 218 g/mol. The van der Waals surface area contributed by atoms with E-state index in [2.05, 4.69) is 20.4 Å². The average molecular weight is 233 g/mol. The average Bonchev–Trinajstić information content (AvgIpc) is 2.81. The number of hydrogen-bond acceptors (Lipinski definition) is 5. The molecule has 2 aromatic rings. The first-order valence-electron chi connectivity index (χ1n) is 5.39. The number of rotatable bonds is 5. The number of methoxy groups -OCH3 is 1. The summed E-state index contributed by atoms with van der Waals surface area (Å²) in [4.78, 5) is 8.47. The van der Waals surface area contributed by atoms with Gasteiger partial charge in [-0.3, -0.25) is 4.68 Å². The van der Waals surface area contributed by atoms with Gasteiger partial charge in [-0.15, -0.1) is 0 Å². The summed E-state index contributed by atoms with van der Waals surface area (Å²) in [5, 5.41) is 7.25. The van der Waals surface area contributed by atoms with E-state index in [1.165, 1.54) is 0 Å². The zero-order valence-corrected chi connectivity index (χ0v) is 9.92. The van der Waals surface area contributed by atoms with Crippen molar-refractivity contribution in [1.82, 2.24) is 19.7 Å². The highest BCUT2D eigenvalue weighted by molar-refractivity contribution is 5.30. The molecule has 0 saturated heterocycles. The van der Waals surface area contributed by atoms with Crippen molar-refractivity contribution < 1.29 is 4.74 Å². The molecule has 0 spiro atoms. The van der Waals surface area contributed by atoms with Crippen molar-refractivity contribution in [2.75, 3.05) is 19.0 Å². The van der Waals surface area contributed by atoms with Crippen molar-refractivity contribution in [2.24, 2.45) is 0 Å². The van der Waals surface area contributed by atoms with Crippen LogP contribution in [0.5, 0.6) is 5.88 Å². The van der Waals surface area contributed by atoms with E-state index >= 15 is 0 Å². The molecule has 2 aromatic heterocycles. The number of aryl methyl sites for hydroxylation is 1. The van der Waals surface area contributed by atoms with Gasteiger partial charge in [0.2, 0.25) is 11.8 Å². The summed E-state index contributed by atoms with van der Waals surface area (Å²) < 4.78 is 6.93. The van der Waals surface area contributed by atoms with Crippen LogP contribution in [0.2, 0.25) is 0 Å².